The van der Waals surface area contributed by atoms with Gasteiger partial charge in [-0.05, 0) is 40.0 Å². The lowest BCUT2D eigenvalue weighted by atomic mass is 10.1. The Labute approximate surface area is 187 Å². The summed E-state index contributed by atoms with van der Waals surface area (Å²) < 4.78 is 5.44. The number of aliphatic imine (C=N–C) groups is 1. The Kier molecular flexibility index (Phi) is 11.5. The van der Waals surface area contributed by atoms with Crippen molar-refractivity contribution < 1.29 is 9.53 Å². The Morgan fingerprint density at radius 1 is 1.11 bits per heavy atom. The number of amides is 1. The topological polar surface area (TPSA) is 83.2 Å². The summed E-state index contributed by atoms with van der Waals surface area (Å²) in [6.45, 7) is 10.7. The Bertz CT molecular complexity index is 479. The lowest BCUT2D eigenvalue weighted by molar-refractivity contribution is 0.0145. The number of nitrogens with two attached hydrogens (primary N) is 1. The van der Waals surface area contributed by atoms with Gasteiger partial charge in [-0.15, -0.1) is 24.0 Å². The van der Waals surface area contributed by atoms with Crippen molar-refractivity contribution in [2.24, 2.45) is 10.7 Å². The maximum atomic E-state index is 12.1. The molecule has 1 aliphatic carbocycles. The van der Waals surface area contributed by atoms with E-state index in [0.29, 0.717) is 12.0 Å². The molecule has 0 spiro atoms. The SMILES string of the molecule is CC(C)(C)OC(=O)N1CCN(CCCN=C(N)NC2CCCCCC2)CC1.I. The molecule has 2 fully saturated rings. The number of carbonyl (C=O) groups is 1. The van der Waals surface area contributed by atoms with Crippen molar-refractivity contribution in [1.82, 2.24) is 15.1 Å². The van der Waals surface area contributed by atoms with Crippen LogP contribution < -0.4 is 11.1 Å². The maximum absolute atomic E-state index is 12.1. The average molecular weight is 509 g/mol. The van der Waals surface area contributed by atoms with Crippen molar-refractivity contribution in [3.8, 4) is 0 Å². The first-order chi connectivity index (χ1) is 12.8. The molecule has 0 aromatic rings. The van der Waals surface area contributed by atoms with Crippen molar-refractivity contribution in [3.05, 3.63) is 0 Å². The summed E-state index contributed by atoms with van der Waals surface area (Å²) in [5.41, 5.74) is 5.61. The van der Waals surface area contributed by atoms with Gasteiger partial charge in [-0.2, -0.15) is 0 Å². The first-order valence-corrected chi connectivity index (χ1v) is 10.6. The molecular formula is C20H40IN5O2. The highest BCUT2D eigenvalue weighted by Crippen LogP contribution is 2.17. The summed E-state index contributed by atoms with van der Waals surface area (Å²) in [7, 11) is 0. The summed E-state index contributed by atoms with van der Waals surface area (Å²) in [6, 6.07) is 0.497. The molecule has 164 valence electrons. The number of ether oxygens (including phenoxy) is 1. The Balaban J connectivity index is 0.00000392. The predicted molar refractivity (Wildman–Crippen MR) is 125 cm³/mol. The fourth-order valence-corrected chi connectivity index (χ4v) is 3.65. The van der Waals surface area contributed by atoms with Gasteiger partial charge >= 0.3 is 6.09 Å². The van der Waals surface area contributed by atoms with E-state index in [1.54, 1.807) is 4.90 Å². The normalized spacial score (nSPS) is 20.2. The third-order valence-corrected chi connectivity index (χ3v) is 5.15. The van der Waals surface area contributed by atoms with Crippen molar-refractivity contribution in [3.63, 3.8) is 0 Å². The number of halogens is 1. The highest BCUT2D eigenvalue weighted by Gasteiger charge is 2.25. The van der Waals surface area contributed by atoms with Gasteiger partial charge in [0.15, 0.2) is 5.96 Å². The van der Waals surface area contributed by atoms with Crippen LogP contribution in [0.5, 0.6) is 0 Å². The Hall–Kier alpha value is -0.770. The molecule has 2 aliphatic rings. The number of guanidine groups is 1. The van der Waals surface area contributed by atoms with Crippen LogP contribution in [0.2, 0.25) is 0 Å². The van der Waals surface area contributed by atoms with E-state index >= 15 is 0 Å². The predicted octanol–water partition coefficient (Wildman–Crippen LogP) is 3.17. The molecule has 1 amide bonds. The first-order valence-electron chi connectivity index (χ1n) is 10.6. The molecule has 0 aromatic heterocycles. The van der Waals surface area contributed by atoms with Crippen molar-refractivity contribution in [1.29, 1.82) is 0 Å². The van der Waals surface area contributed by atoms with E-state index in [1.165, 1.54) is 38.5 Å². The van der Waals surface area contributed by atoms with Crippen molar-refractivity contribution in [2.75, 3.05) is 39.3 Å². The van der Waals surface area contributed by atoms with Gasteiger partial charge in [0.2, 0.25) is 0 Å². The van der Waals surface area contributed by atoms with E-state index in [9.17, 15) is 4.79 Å². The molecular weight excluding hydrogens is 469 g/mol. The second kappa shape index (κ2) is 12.7. The van der Waals surface area contributed by atoms with Crippen LogP contribution in [0.4, 0.5) is 4.79 Å². The van der Waals surface area contributed by atoms with Crippen LogP contribution >= 0.6 is 24.0 Å². The number of hydrogen-bond acceptors (Lipinski definition) is 4. The van der Waals surface area contributed by atoms with Crippen LogP contribution in [0.25, 0.3) is 0 Å². The van der Waals surface area contributed by atoms with E-state index in [1.807, 2.05) is 20.8 Å². The van der Waals surface area contributed by atoms with E-state index in [4.69, 9.17) is 10.5 Å². The van der Waals surface area contributed by atoms with Crippen LogP contribution in [-0.2, 0) is 4.74 Å². The molecule has 28 heavy (non-hydrogen) atoms. The fourth-order valence-electron chi connectivity index (χ4n) is 3.65. The minimum Gasteiger partial charge on any atom is -0.444 e. The van der Waals surface area contributed by atoms with E-state index in [2.05, 4.69) is 15.2 Å². The van der Waals surface area contributed by atoms with Crippen molar-refractivity contribution in [2.45, 2.75) is 77.4 Å². The molecule has 0 radical (unpaired) electrons. The first kappa shape index (κ1) is 25.3. The summed E-state index contributed by atoms with van der Waals surface area (Å²) in [4.78, 5) is 20.8. The third kappa shape index (κ3) is 10.1. The molecule has 0 atom stereocenters. The van der Waals surface area contributed by atoms with Gasteiger partial charge < -0.3 is 20.7 Å². The number of rotatable bonds is 5. The largest absolute Gasteiger partial charge is 0.444 e. The van der Waals surface area contributed by atoms with Crippen LogP contribution in [-0.4, -0.2) is 72.8 Å². The van der Waals surface area contributed by atoms with E-state index in [-0.39, 0.29) is 30.1 Å². The molecule has 1 aliphatic heterocycles. The molecule has 1 heterocycles. The Morgan fingerprint density at radius 2 is 1.71 bits per heavy atom. The Morgan fingerprint density at radius 3 is 2.29 bits per heavy atom. The van der Waals surface area contributed by atoms with Gasteiger partial charge in [0.1, 0.15) is 5.60 Å². The molecule has 3 N–H and O–H groups in total. The highest BCUT2D eigenvalue weighted by atomic mass is 127. The summed E-state index contributed by atoms with van der Waals surface area (Å²) in [5, 5.41) is 3.39. The van der Waals surface area contributed by atoms with Crippen LogP contribution in [0.15, 0.2) is 4.99 Å². The smallest absolute Gasteiger partial charge is 0.410 e. The number of hydrogen-bond donors (Lipinski definition) is 2. The summed E-state index contributed by atoms with van der Waals surface area (Å²) >= 11 is 0. The zero-order valence-corrected chi connectivity index (χ0v) is 20.2. The molecule has 1 saturated heterocycles. The van der Waals surface area contributed by atoms with E-state index in [0.717, 1.165) is 45.7 Å². The van der Waals surface area contributed by atoms with Gasteiger partial charge in [-0.3, -0.25) is 9.89 Å². The average Bonchev–Trinajstić information content (AvgIpc) is 2.86. The molecule has 2 rings (SSSR count). The highest BCUT2D eigenvalue weighted by molar-refractivity contribution is 14.0. The fraction of sp³-hybridized carbons (Fsp3) is 0.900. The lowest BCUT2D eigenvalue weighted by Crippen LogP contribution is -2.50. The maximum Gasteiger partial charge on any atom is 0.410 e. The molecule has 0 unspecified atom stereocenters. The molecule has 0 aromatic carbocycles. The third-order valence-electron chi connectivity index (χ3n) is 5.15. The molecule has 8 heteroatoms. The second-order valence-corrected chi connectivity index (χ2v) is 8.76. The zero-order valence-electron chi connectivity index (χ0n) is 17.9. The number of nitrogens with zero attached hydrogens (tertiary/aromatic N) is 3. The molecule has 0 bridgehead atoms. The van der Waals surface area contributed by atoms with Gasteiger partial charge in [0.25, 0.3) is 0 Å². The monoisotopic (exact) mass is 509 g/mol. The van der Waals surface area contributed by atoms with Gasteiger partial charge in [-0.25, -0.2) is 4.79 Å². The van der Waals surface area contributed by atoms with Crippen LogP contribution in [0.3, 0.4) is 0 Å². The minimum absolute atomic E-state index is 0. The van der Waals surface area contributed by atoms with Crippen LogP contribution in [0.1, 0.15) is 65.7 Å². The number of nitrogens with one attached hydrogen (secondary N) is 1. The lowest BCUT2D eigenvalue weighted by Gasteiger charge is -2.35. The summed E-state index contributed by atoms with van der Waals surface area (Å²) in [5.74, 6) is 0.594. The van der Waals surface area contributed by atoms with Gasteiger partial charge in [0.05, 0.1) is 0 Å². The summed E-state index contributed by atoms with van der Waals surface area (Å²) in [6.07, 6.45) is 8.47. The minimum atomic E-state index is -0.434. The molecule has 1 saturated carbocycles. The van der Waals surface area contributed by atoms with Gasteiger partial charge in [0, 0.05) is 45.3 Å². The second-order valence-electron chi connectivity index (χ2n) is 8.76. The van der Waals surface area contributed by atoms with Crippen molar-refractivity contribution >= 4 is 36.0 Å². The van der Waals surface area contributed by atoms with E-state index < -0.39 is 5.60 Å². The number of piperazine rings is 1. The standard InChI is InChI=1S/C20H39N5O2.HI/c1-20(2,3)27-19(26)25-15-13-24(14-16-25)12-8-11-22-18(21)23-17-9-6-4-5-7-10-17;/h17H,4-16H2,1-3H3,(H3,21,22,23);1H. The number of carbonyl (C=O) groups excluding carboxylic acids is 1. The quantitative estimate of drug-likeness (QED) is 0.196. The zero-order chi connectivity index (χ0) is 19.7. The van der Waals surface area contributed by atoms with Crippen LogP contribution in [0, 0.1) is 0 Å². The molecule has 7 nitrogen and oxygen atoms in total. The van der Waals surface area contributed by atoms with Gasteiger partial charge in [-0.1, -0.05) is 25.7 Å².